The molecule has 1 N–H and O–H groups in total. The zero-order valence-corrected chi connectivity index (χ0v) is 11.0. The number of ether oxygens (including phenoxy) is 2. The molecule has 5 heteroatoms. The molecule has 0 aliphatic rings. The van der Waals surface area contributed by atoms with Crippen molar-refractivity contribution in [1.82, 2.24) is 9.97 Å². The van der Waals surface area contributed by atoms with Gasteiger partial charge in [0.2, 0.25) is 11.8 Å². The number of phenolic OH excluding ortho intramolecular Hbond substituents is 1. The minimum Gasteiger partial charge on any atom is -0.504 e. The highest BCUT2D eigenvalue weighted by atomic mass is 16.5. The van der Waals surface area contributed by atoms with Gasteiger partial charge in [0.15, 0.2) is 11.5 Å². The molecule has 5 nitrogen and oxygen atoms in total. The Morgan fingerprint density at radius 3 is 2.05 bits per heavy atom. The van der Waals surface area contributed by atoms with Gasteiger partial charge in [-0.15, -0.1) is 0 Å². The van der Waals surface area contributed by atoms with Crippen molar-refractivity contribution in [2.75, 3.05) is 0 Å². The summed E-state index contributed by atoms with van der Waals surface area (Å²) in [7, 11) is 0. The van der Waals surface area contributed by atoms with E-state index in [0.717, 1.165) is 0 Å². The average molecular weight is 280 g/mol. The van der Waals surface area contributed by atoms with Gasteiger partial charge in [0.25, 0.3) is 0 Å². The molecule has 0 bridgehead atoms. The van der Waals surface area contributed by atoms with Crippen molar-refractivity contribution in [1.29, 1.82) is 0 Å². The topological polar surface area (TPSA) is 64.5 Å². The Labute approximate surface area is 121 Å². The third-order valence-corrected chi connectivity index (χ3v) is 2.64. The van der Waals surface area contributed by atoms with E-state index in [1.807, 2.05) is 6.07 Å². The number of benzene rings is 1. The molecule has 0 saturated carbocycles. The summed E-state index contributed by atoms with van der Waals surface area (Å²) in [5, 5.41) is 9.84. The number of nitrogens with zero attached hydrogens (tertiary/aromatic N) is 2. The third-order valence-electron chi connectivity index (χ3n) is 2.64. The second-order valence-electron chi connectivity index (χ2n) is 4.17. The van der Waals surface area contributed by atoms with Crippen molar-refractivity contribution in [3.63, 3.8) is 0 Å². The van der Waals surface area contributed by atoms with Crippen LogP contribution in [0.2, 0.25) is 0 Å². The van der Waals surface area contributed by atoms with Gasteiger partial charge in [-0.25, -0.2) is 9.97 Å². The smallest absolute Gasteiger partial charge is 0.219 e. The van der Waals surface area contributed by atoms with Crippen molar-refractivity contribution in [2.45, 2.75) is 0 Å². The van der Waals surface area contributed by atoms with Crippen LogP contribution in [0, 0.1) is 0 Å². The lowest BCUT2D eigenvalue weighted by atomic mass is 10.3. The zero-order chi connectivity index (χ0) is 14.5. The number of pyridine rings is 2. The number of phenols is 1. The summed E-state index contributed by atoms with van der Waals surface area (Å²) in [6.07, 6.45) is 3.25. The van der Waals surface area contributed by atoms with E-state index in [1.165, 1.54) is 6.07 Å². The summed E-state index contributed by atoms with van der Waals surface area (Å²) >= 11 is 0. The minimum atomic E-state index is 0.00836. The first-order chi connectivity index (χ1) is 10.3. The molecule has 1 aromatic carbocycles. The van der Waals surface area contributed by atoms with Crippen LogP contribution in [0.4, 0.5) is 0 Å². The molecule has 0 aliphatic heterocycles. The number of aromatic nitrogens is 2. The summed E-state index contributed by atoms with van der Waals surface area (Å²) in [5.74, 6) is 1.64. The van der Waals surface area contributed by atoms with E-state index in [1.54, 1.807) is 54.9 Å². The van der Waals surface area contributed by atoms with Crippen LogP contribution in [0.25, 0.3) is 0 Å². The van der Waals surface area contributed by atoms with Crippen LogP contribution in [0.15, 0.2) is 67.0 Å². The van der Waals surface area contributed by atoms with Gasteiger partial charge in [-0.3, -0.25) is 0 Å². The molecule has 21 heavy (non-hydrogen) atoms. The minimum absolute atomic E-state index is 0.00836. The predicted molar refractivity (Wildman–Crippen MR) is 76.7 cm³/mol. The van der Waals surface area contributed by atoms with Gasteiger partial charge in [0.1, 0.15) is 5.75 Å². The molecular formula is C16H12N2O3. The van der Waals surface area contributed by atoms with Crippen LogP contribution in [-0.2, 0) is 0 Å². The third kappa shape index (κ3) is 3.27. The van der Waals surface area contributed by atoms with Crippen molar-refractivity contribution < 1.29 is 14.6 Å². The van der Waals surface area contributed by atoms with Crippen LogP contribution in [0.5, 0.6) is 29.0 Å². The molecule has 2 aromatic heterocycles. The molecular weight excluding hydrogens is 268 g/mol. The summed E-state index contributed by atoms with van der Waals surface area (Å²) in [6.45, 7) is 0. The molecule has 0 atom stereocenters. The summed E-state index contributed by atoms with van der Waals surface area (Å²) in [5.41, 5.74) is 0. The summed E-state index contributed by atoms with van der Waals surface area (Å²) in [6, 6.07) is 15.4. The summed E-state index contributed by atoms with van der Waals surface area (Å²) < 4.78 is 11.1. The lowest BCUT2D eigenvalue weighted by molar-refractivity contribution is 0.396. The van der Waals surface area contributed by atoms with Gasteiger partial charge in [-0.1, -0.05) is 12.1 Å². The van der Waals surface area contributed by atoms with Crippen LogP contribution in [0.3, 0.4) is 0 Å². The van der Waals surface area contributed by atoms with Crippen LogP contribution < -0.4 is 9.47 Å². The van der Waals surface area contributed by atoms with E-state index >= 15 is 0 Å². The standard InChI is InChI=1S/C16H12N2O3/c19-13-8-7-12(20-15-5-1-3-9-17-15)11-14(13)21-16-6-2-4-10-18-16/h1-11,19H. The first kappa shape index (κ1) is 12.9. The Morgan fingerprint density at radius 2 is 1.43 bits per heavy atom. The molecule has 0 aliphatic carbocycles. The molecule has 0 spiro atoms. The van der Waals surface area contributed by atoms with E-state index in [0.29, 0.717) is 17.5 Å². The van der Waals surface area contributed by atoms with Crippen molar-refractivity contribution >= 4 is 0 Å². The van der Waals surface area contributed by atoms with Crippen LogP contribution >= 0.6 is 0 Å². The van der Waals surface area contributed by atoms with Crippen molar-refractivity contribution in [2.24, 2.45) is 0 Å². The van der Waals surface area contributed by atoms with Gasteiger partial charge >= 0.3 is 0 Å². The molecule has 0 amide bonds. The van der Waals surface area contributed by atoms with E-state index in [-0.39, 0.29) is 11.5 Å². The van der Waals surface area contributed by atoms with Crippen molar-refractivity contribution in [3.8, 4) is 29.0 Å². The first-order valence-corrected chi connectivity index (χ1v) is 6.32. The Balaban J connectivity index is 1.83. The van der Waals surface area contributed by atoms with Crippen LogP contribution in [0.1, 0.15) is 0 Å². The molecule has 0 saturated heterocycles. The second kappa shape index (κ2) is 5.92. The van der Waals surface area contributed by atoms with Gasteiger partial charge in [0.05, 0.1) is 0 Å². The number of rotatable bonds is 4. The maximum absolute atomic E-state index is 9.84. The fraction of sp³-hybridized carbons (Fsp3) is 0. The van der Waals surface area contributed by atoms with E-state index in [9.17, 15) is 5.11 Å². The maximum atomic E-state index is 9.84. The van der Waals surface area contributed by atoms with Gasteiger partial charge < -0.3 is 14.6 Å². The average Bonchev–Trinajstić information content (AvgIpc) is 2.53. The first-order valence-electron chi connectivity index (χ1n) is 6.32. The fourth-order valence-corrected chi connectivity index (χ4v) is 1.69. The number of hydrogen-bond acceptors (Lipinski definition) is 5. The lowest BCUT2D eigenvalue weighted by Crippen LogP contribution is -1.90. The quantitative estimate of drug-likeness (QED) is 0.788. The normalized spacial score (nSPS) is 10.1. The predicted octanol–water partition coefficient (Wildman–Crippen LogP) is 3.77. The highest BCUT2D eigenvalue weighted by Gasteiger charge is 2.08. The fourth-order valence-electron chi connectivity index (χ4n) is 1.69. The largest absolute Gasteiger partial charge is 0.504 e. The maximum Gasteiger partial charge on any atom is 0.219 e. The monoisotopic (exact) mass is 280 g/mol. The SMILES string of the molecule is Oc1ccc(Oc2ccccn2)cc1Oc1ccccn1. The van der Waals surface area contributed by atoms with Crippen LogP contribution in [-0.4, -0.2) is 15.1 Å². The number of hydrogen-bond donors (Lipinski definition) is 1. The molecule has 3 rings (SSSR count). The van der Waals surface area contributed by atoms with Crippen molar-refractivity contribution in [3.05, 3.63) is 67.0 Å². The molecule has 3 aromatic rings. The molecule has 104 valence electrons. The highest BCUT2D eigenvalue weighted by molar-refractivity contribution is 5.46. The van der Waals surface area contributed by atoms with Gasteiger partial charge in [-0.2, -0.15) is 0 Å². The number of aromatic hydroxyl groups is 1. The molecule has 0 unspecified atom stereocenters. The van der Waals surface area contributed by atoms with E-state index < -0.39 is 0 Å². The molecule has 0 fully saturated rings. The lowest BCUT2D eigenvalue weighted by Gasteiger charge is -2.09. The van der Waals surface area contributed by atoms with E-state index in [2.05, 4.69) is 9.97 Å². The Morgan fingerprint density at radius 1 is 0.762 bits per heavy atom. The Kier molecular flexibility index (Phi) is 3.64. The van der Waals surface area contributed by atoms with Gasteiger partial charge in [0, 0.05) is 30.6 Å². The Hall–Kier alpha value is -3.08. The Bertz CT molecular complexity index is 718. The summed E-state index contributed by atoms with van der Waals surface area (Å²) in [4.78, 5) is 8.11. The second-order valence-corrected chi connectivity index (χ2v) is 4.17. The molecule has 0 radical (unpaired) electrons. The highest BCUT2D eigenvalue weighted by Crippen LogP contribution is 2.34. The van der Waals surface area contributed by atoms with E-state index in [4.69, 9.17) is 9.47 Å². The zero-order valence-electron chi connectivity index (χ0n) is 11.0. The molecule has 2 heterocycles. The van der Waals surface area contributed by atoms with Gasteiger partial charge in [-0.05, 0) is 24.3 Å².